The van der Waals surface area contributed by atoms with E-state index in [1.54, 1.807) is 0 Å². The summed E-state index contributed by atoms with van der Waals surface area (Å²) in [5.41, 5.74) is 0. The molecule has 18 heavy (non-hydrogen) atoms. The van der Waals surface area contributed by atoms with Crippen molar-refractivity contribution in [3.63, 3.8) is 0 Å². The van der Waals surface area contributed by atoms with Crippen molar-refractivity contribution in [2.75, 3.05) is 13.1 Å². The van der Waals surface area contributed by atoms with Crippen LogP contribution < -0.4 is 5.32 Å². The zero-order chi connectivity index (χ0) is 13.0. The second kappa shape index (κ2) is 6.91. The van der Waals surface area contributed by atoms with Gasteiger partial charge in [0.1, 0.15) is 0 Å². The van der Waals surface area contributed by atoms with E-state index < -0.39 is 0 Å². The van der Waals surface area contributed by atoms with E-state index in [2.05, 4.69) is 31.0 Å². The Balaban J connectivity index is 1.90. The van der Waals surface area contributed by atoms with Gasteiger partial charge in [0, 0.05) is 24.7 Å². The molecule has 3 atom stereocenters. The molecule has 1 N–H and O–H groups in total. The fourth-order valence-electron chi connectivity index (χ4n) is 3.93. The SMILES string of the molecule is CC(C)NC1CCCN(C2CCCCCC2C)C1. The van der Waals surface area contributed by atoms with Crippen LogP contribution in [0.15, 0.2) is 0 Å². The van der Waals surface area contributed by atoms with Crippen molar-refractivity contribution in [2.24, 2.45) is 5.92 Å². The molecule has 0 bridgehead atoms. The largest absolute Gasteiger partial charge is 0.311 e. The van der Waals surface area contributed by atoms with E-state index in [1.165, 1.54) is 58.0 Å². The molecule has 106 valence electrons. The van der Waals surface area contributed by atoms with Crippen molar-refractivity contribution in [1.82, 2.24) is 10.2 Å². The van der Waals surface area contributed by atoms with Crippen LogP contribution in [0.25, 0.3) is 0 Å². The monoisotopic (exact) mass is 252 g/mol. The van der Waals surface area contributed by atoms with E-state index in [-0.39, 0.29) is 0 Å². The zero-order valence-corrected chi connectivity index (χ0v) is 12.6. The van der Waals surface area contributed by atoms with Gasteiger partial charge >= 0.3 is 0 Å². The quantitative estimate of drug-likeness (QED) is 0.774. The van der Waals surface area contributed by atoms with Gasteiger partial charge in [-0.2, -0.15) is 0 Å². The van der Waals surface area contributed by atoms with Crippen LogP contribution >= 0.6 is 0 Å². The number of rotatable bonds is 3. The summed E-state index contributed by atoms with van der Waals surface area (Å²) in [6.45, 7) is 9.65. The van der Waals surface area contributed by atoms with Gasteiger partial charge < -0.3 is 5.32 Å². The molecule has 0 aromatic heterocycles. The molecular formula is C16H32N2. The number of nitrogens with one attached hydrogen (secondary N) is 1. The van der Waals surface area contributed by atoms with Crippen LogP contribution in [0.2, 0.25) is 0 Å². The molecular weight excluding hydrogens is 220 g/mol. The summed E-state index contributed by atoms with van der Waals surface area (Å²) in [6.07, 6.45) is 10.0. The highest BCUT2D eigenvalue weighted by atomic mass is 15.2. The highest BCUT2D eigenvalue weighted by Gasteiger charge is 2.29. The van der Waals surface area contributed by atoms with Crippen LogP contribution in [0, 0.1) is 5.92 Å². The summed E-state index contributed by atoms with van der Waals surface area (Å²) in [6, 6.07) is 2.22. The molecule has 1 saturated carbocycles. The molecule has 2 fully saturated rings. The Morgan fingerprint density at radius 2 is 1.78 bits per heavy atom. The molecule has 3 unspecified atom stereocenters. The average Bonchev–Trinajstić information content (AvgIpc) is 2.53. The van der Waals surface area contributed by atoms with Gasteiger partial charge in [-0.3, -0.25) is 4.90 Å². The van der Waals surface area contributed by atoms with Crippen LogP contribution in [0.3, 0.4) is 0 Å². The fourth-order valence-corrected chi connectivity index (χ4v) is 3.93. The predicted octanol–water partition coefficient (Wildman–Crippen LogP) is 3.42. The zero-order valence-electron chi connectivity index (χ0n) is 12.6. The Morgan fingerprint density at radius 3 is 2.56 bits per heavy atom. The first kappa shape index (κ1) is 14.3. The molecule has 0 aromatic rings. The lowest BCUT2D eigenvalue weighted by Crippen LogP contribution is -2.52. The van der Waals surface area contributed by atoms with Crippen LogP contribution in [0.4, 0.5) is 0 Å². The van der Waals surface area contributed by atoms with Crippen molar-refractivity contribution in [3.05, 3.63) is 0 Å². The first-order chi connectivity index (χ1) is 8.66. The fraction of sp³-hybridized carbons (Fsp3) is 1.00. The van der Waals surface area contributed by atoms with Crippen LogP contribution in [0.5, 0.6) is 0 Å². The van der Waals surface area contributed by atoms with Crippen molar-refractivity contribution in [1.29, 1.82) is 0 Å². The maximum Gasteiger partial charge on any atom is 0.0197 e. The maximum absolute atomic E-state index is 3.74. The number of piperidine rings is 1. The lowest BCUT2D eigenvalue weighted by atomic mass is 9.92. The van der Waals surface area contributed by atoms with Gasteiger partial charge in [0.15, 0.2) is 0 Å². The lowest BCUT2D eigenvalue weighted by molar-refractivity contribution is 0.0952. The first-order valence-corrected chi connectivity index (χ1v) is 8.17. The highest BCUT2D eigenvalue weighted by molar-refractivity contribution is 4.86. The molecule has 1 aliphatic heterocycles. The molecule has 0 spiro atoms. The minimum absolute atomic E-state index is 0.626. The third-order valence-corrected chi connectivity index (χ3v) is 4.81. The molecule has 2 heteroatoms. The van der Waals surface area contributed by atoms with Crippen molar-refractivity contribution < 1.29 is 0 Å². The number of hydrogen-bond donors (Lipinski definition) is 1. The van der Waals surface area contributed by atoms with Crippen LogP contribution in [-0.4, -0.2) is 36.1 Å². The van der Waals surface area contributed by atoms with Gasteiger partial charge in [-0.1, -0.05) is 40.0 Å². The molecule has 2 nitrogen and oxygen atoms in total. The van der Waals surface area contributed by atoms with Gasteiger partial charge in [-0.05, 0) is 38.1 Å². The lowest BCUT2D eigenvalue weighted by Gasteiger charge is -2.41. The van der Waals surface area contributed by atoms with Gasteiger partial charge in [0.25, 0.3) is 0 Å². The van der Waals surface area contributed by atoms with Crippen molar-refractivity contribution >= 4 is 0 Å². The number of likely N-dealkylation sites (tertiary alicyclic amines) is 1. The van der Waals surface area contributed by atoms with E-state index in [9.17, 15) is 0 Å². The highest BCUT2D eigenvalue weighted by Crippen LogP contribution is 2.29. The van der Waals surface area contributed by atoms with E-state index >= 15 is 0 Å². The Kier molecular flexibility index (Phi) is 5.50. The molecule has 1 heterocycles. The summed E-state index contributed by atoms with van der Waals surface area (Å²) >= 11 is 0. The molecule has 0 aromatic carbocycles. The molecule has 0 radical (unpaired) electrons. The average molecular weight is 252 g/mol. The molecule has 0 amide bonds. The van der Waals surface area contributed by atoms with Crippen LogP contribution in [0.1, 0.15) is 65.7 Å². The van der Waals surface area contributed by atoms with Gasteiger partial charge in [0.2, 0.25) is 0 Å². The second-order valence-corrected chi connectivity index (χ2v) is 6.84. The van der Waals surface area contributed by atoms with Gasteiger partial charge in [0.05, 0.1) is 0 Å². The second-order valence-electron chi connectivity index (χ2n) is 6.84. The Labute approximate surface area is 114 Å². The minimum Gasteiger partial charge on any atom is -0.311 e. The number of hydrogen-bond acceptors (Lipinski definition) is 2. The Bertz CT molecular complexity index is 239. The normalized spacial score (nSPS) is 35.7. The van der Waals surface area contributed by atoms with E-state index in [1.807, 2.05) is 0 Å². The Hall–Kier alpha value is -0.0800. The molecule has 2 rings (SSSR count). The summed E-state index contributed by atoms with van der Waals surface area (Å²) in [7, 11) is 0. The number of nitrogens with zero attached hydrogens (tertiary/aromatic N) is 1. The van der Waals surface area contributed by atoms with Gasteiger partial charge in [-0.15, -0.1) is 0 Å². The minimum atomic E-state index is 0.626. The smallest absolute Gasteiger partial charge is 0.0197 e. The summed E-state index contributed by atoms with van der Waals surface area (Å²) in [5.74, 6) is 0.908. The summed E-state index contributed by atoms with van der Waals surface area (Å²) in [5, 5.41) is 3.74. The standard InChI is InChI=1S/C16H32N2/c1-13(2)17-15-9-7-11-18(12-15)16-10-6-4-5-8-14(16)3/h13-17H,4-12H2,1-3H3. The predicted molar refractivity (Wildman–Crippen MR) is 78.9 cm³/mol. The van der Waals surface area contributed by atoms with Crippen molar-refractivity contribution in [3.8, 4) is 0 Å². The third kappa shape index (κ3) is 3.96. The molecule has 2 aliphatic rings. The van der Waals surface area contributed by atoms with E-state index in [0.29, 0.717) is 6.04 Å². The maximum atomic E-state index is 3.74. The first-order valence-electron chi connectivity index (χ1n) is 8.17. The molecule has 1 saturated heterocycles. The topological polar surface area (TPSA) is 15.3 Å². The Morgan fingerprint density at radius 1 is 1.00 bits per heavy atom. The third-order valence-electron chi connectivity index (χ3n) is 4.81. The van der Waals surface area contributed by atoms with E-state index in [4.69, 9.17) is 0 Å². The van der Waals surface area contributed by atoms with Crippen molar-refractivity contribution in [2.45, 2.75) is 83.8 Å². The summed E-state index contributed by atoms with van der Waals surface area (Å²) < 4.78 is 0. The van der Waals surface area contributed by atoms with E-state index in [0.717, 1.165) is 18.0 Å². The summed E-state index contributed by atoms with van der Waals surface area (Å²) in [4.78, 5) is 2.81. The molecule has 1 aliphatic carbocycles. The van der Waals surface area contributed by atoms with Gasteiger partial charge in [-0.25, -0.2) is 0 Å². The van der Waals surface area contributed by atoms with Crippen LogP contribution in [-0.2, 0) is 0 Å².